The SMILES string of the molecule is CCCSc1nc(N[C@@H]2C[C@H]2c2ccccc2)c2nnn([C@@H]3C[C@H](C(=O)NC4CCC(N)CC4)[C@@H](O)[C@H]3O)c2n1. The van der Waals surface area contributed by atoms with Crippen molar-refractivity contribution in [1.82, 2.24) is 30.3 Å². The number of amides is 1. The number of anilines is 1. The Morgan fingerprint density at radius 3 is 2.62 bits per heavy atom. The molecule has 1 amide bonds. The van der Waals surface area contributed by atoms with E-state index in [1.54, 1.807) is 16.4 Å². The summed E-state index contributed by atoms with van der Waals surface area (Å²) >= 11 is 1.56. The molecule has 3 aliphatic rings. The van der Waals surface area contributed by atoms with Gasteiger partial charge in [0.1, 0.15) is 6.10 Å². The van der Waals surface area contributed by atoms with Gasteiger partial charge in [0.05, 0.1) is 18.1 Å². The molecule has 3 aromatic rings. The third-order valence-electron chi connectivity index (χ3n) is 8.50. The van der Waals surface area contributed by atoms with Gasteiger partial charge in [-0.05, 0) is 50.5 Å². The Bertz CT molecular complexity index is 1330. The molecule has 2 aromatic heterocycles. The third kappa shape index (κ3) is 5.54. The second kappa shape index (κ2) is 11.6. The quantitative estimate of drug-likeness (QED) is 0.192. The molecule has 3 aliphatic carbocycles. The second-order valence-corrected chi connectivity index (χ2v) is 12.5. The van der Waals surface area contributed by atoms with Crippen LogP contribution in [0.2, 0.25) is 0 Å². The fourth-order valence-corrected chi connectivity index (χ4v) is 6.77. The number of rotatable bonds is 9. The Morgan fingerprint density at radius 2 is 1.88 bits per heavy atom. The average molecular weight is 567 g/mol. The maximum absolute atomic E-state index is 13.1. The van der Waals surface area contributed by atoms with Crippen LogP contribution >= 0.6 is 11.8 Å². The molecule has 0 spiro atoms. The lowest BCUT2D eigenvalue weighted by molar-refractivity contribution is -0.129. The Balaban J connectivity index is 1.23. The number of hydrogen-bond acceptors (Lipinski definition) is 10. The first-order chi connectivity index (χ1) is 19.4. The molecule has 0 radical (unpaired) electrons. The van der Waals surface area contributed by atoms with Crippen molar-refractivity contribution in [3.8, 4) is 0 Å². The number of carbonyl (C=O) groups excluding carboxylic acids is 1. The molecule has 6 rings (SSSR count). The number of nitrogens with zero attached hydrogens (tertiary/aromatic N) is 5. The van der Waals surface area contributed by atoms with Crippen molar-refractivity contribution in [1.29, 1.82) is 0 Å². The van der Waals surface area contributed by atoms with Gasteiger partial charge in [0.25, 0.3) is 0 Å². The summed E-state index contributed by atoms with van der Waals surface area (Å²) in [7, 11) is 0. The second-order valence-electron chi connectivity index (χ2n) is 11.4. The van der Waals surface area contributed by atoms with Gasteiger partial charge in [-0.1, -0.05) is 54.2 Å². The predicted molar refractivity (Wildman–Crippen MR) is 153 cm³/mol. The van der Waals surface area contributed by atoms with E-state index in [1.165, 1.54) is 5.56 Å². The van der Waals surface area contributed by atoms with Crippen LogP contribution in [-0.2, 0) is 4.79 Å². The van der Waals surface area contributed by atoms with Gasteiger partial charge in [0, 0.05) is 29.8 Å². The number of nitrogens with two attached hydrogens (primary N) is 1. The number of aliphatic hydroxyl groups is 2. The number of benzene rings is 1. The number of carbonyl (C=O) groups is 1. The molecule has 6 N–H and O–H groups in total. The average Bonchev–Trinajstić information content (AvgIpc) is 3.50. The Labute approximate surface area is 237 Å². The highest BCUT2D eigenvalue weighted by molar-refractivity contribution is 7.99. The molecule has 214 valence electrons. The summed E-state index contributed by atoms with van der Waals surface area (Å²) in [5, 5.41) is 37.9. The van der Waals surface area contributed by atoms with Crippen LogP contribution in [0.1, 0.15) is 69.4 Å². The first-order valence-corrected chi connectivity index (χ1v) is 15.4. The predicted octanol–water partition coefficient (Wildman–Crippen LogP) is 2.36. The lowest BCUT2D eigenvalue weighted by Gasteiger charge is -2.28. The summed E-state index contributed by atoms with van der Waals surface area (Å²) in [6.07, 6.45) is 3.22. The molecular formula is C28H38N8O3S. The molecule has 11 nitrogen and oxygen atoms in total. The van der Waals surface area contributed by atoms with Crippen LogP contribution in [0.25, 0.3) is 11.2 Å². The number of hydrogen-bond donors (Lipinski definition) is 5. The van der Waals surface area contributed by atoms with Gasteiger partial charge >= 0.3 is 0 Å². The molecule has 3 fully saturated rings. The first kappa shape index (κ1) is 27.4. The van der Waals surface area contributed by atoms with E-state index in [1.807, 2.05) is 6.07 Å². The Morgan fingerprint density at radius 1 is 1.10 bits per heavy atom. The number of thioether (sulfide) groups is 1. The van der Waals surface area contributed by atoms with Gasteiger partial charge in [-0.15, -0.1) is 5.10 Å². The molecule has 1 aromatic carbocycles. The van der Waals surface area contributed by atoms with Crippen molar-refractivity contribution >= 4 is 34.7 Å². The minimum Gasteiger partial charge on any atom is -0.390 e. The molecule has 40 heavy (non-hydrogen) atoms. The third-order valence-corrected chi connectivity index (χ3v) is 9.55. The largest absolute Gasteiger partial charge is 0.390 e. The molecule has 0 saturated heterocycles. The van der Waals surface area contributed by atoms with Crippen LogP contribution in [0.15, 0.2) is 35.5 Å². The lowest BCUT2D eigenvalue weighted by Crippen LogP contribution is -2.45. The summed E-state index contributed by atoms with van der Waals surface area (Å²) in [4.78, 5) is 22.7. The molecule has 0 unspecified atom stereocenters. The van der Waals surface area contributed by atoms with Gasteiger partial charge in [0.2, 0.25) is 5.91 Å². The zero-order valence-electron chi connectivity index (χ0n) is 22.7. The highest BCUT2D eigenvalue weighted by atomic mass is 32.2. The Hall–Kier alpha value is -2.80. The fraction of sp³-hybridized carbons (Fsp3) is 0.607. The fourth-order valence-electron chi connectivity index (χ4n) is 6.07. The minimum absolute atomic E-state index is 0.0459. The summed E-state index contributed by atoms with van der Waals surface area (Å²) in [6, 6.07) is 10.2. The summed E-state index contributed by atoms with van der Waals surface area (Å²) in [6.45, 7) is 2.11. The van der Waals surface area contributed by atoms with E-state index in [9.17, 15) is 15.0 Å². The van der Waals surface area contributed by atoms with Crippen molar-refractivity contribution in [3.63, 3.8) is 0 Å². The zero-order valence-corrected chi connectivity index (χ0v) is 23.5. The number of nitrogens with one attached hydrogen (secondary N) is 2. The van der Waals surface area contributed by atoms with Crippen LogP contribution in [0.5, 0.6) is 0 Å². The van der Waals surface area contributed by atoms with Gasteiger partial charge in [0.15, 0.2) is 22.1 Å². The minimum atomic E-state index is -1.21. The first-order valence-electron chi connectivity index (χ1n) is 14.4. The standard InChI is InChI=1S/C28H38N8O3S/c1-2-12-40-28-32-25(31-20-13-18(20)15-6-4-3-5-7-15)22-26(33-28)36(35-34-22)21-14-19(23(37)24(21)38)27(39)30-17-10-8-16(29)9-11-17/h3-7,16-21,23-24,37-38H,2,8-14,29H2,1H3,(H,30,39)(H,31,32,33)/t16?,17?,18-,19-,20+,21+,23+,24-/m0/s1. The van der Waals surface area contributed by atoms with Gasteiger partial charge in [-0.3, -0.25) is 4.79 Å². The van der Waals surface area contributed by atoms with Crippen molar-refractivity contribution in [2.75, 3.05) is 11.1 Å². The van der Waals surface area contributed by atoms with Crippen molar-refractivity contribution in [3.05, 3.63) is 35.9 Å². The van der Waals surface area contributed by atoms with Gasteiger partial charge in [-0.25, -0.2) is 14.6 Å². The van der Waals surface area contributed by atoms with Crippen LogP contribution in [0.3, 0.4) is 0 Å². The van der Waals surface area contributed by atoms with Crippen LogP contribution in [0, 0.1) is 5.92 Å². The molecule has 12 heteroatoms. The van der Waals surface area contributed by atoms with E-state index < -0.39 is 24.2 Å². The smallest absolute Gasteiger partial charge is 0.226 e. The lowest BCUT2D eigenvalue weighted by atomic mass is 9.91. The van der Waals surface area contributed by atoms with Crippen molar-refractivity contribution in [2.45, 2.75) is 99.3 Å². The van der Waals surface area contributed by atoms with E-state index in [0.29, 0.717) is 28.1 Å². The van der Waals surface area contributed by atoms with E-state index >= 15 is 0 Å². The Kier molecular flexibility index (Phi) is 7.93. The van der Waals surface area contributed by atoms with Crippen molar-refractivity contribution in [2.24, 2.45) is 11.7 Å². The monoisotopic (exact) mass is 566 g/mol. The highest BCUT2D eigenvalue weighted by Crippen LogP contribution is 2.44. The van der Waals surface area contributed by atoms with Crippen LogP contribution in [0.4, 0.5) is 5.82 Å². The maximum Gasteiger partial charge on any atom is 0.226 e. The summed E-state index contributed by atoms with van der Waals surface area (Å²) in [5.41, 5.74) is 8.30. The molecule has 0 bridgehead atoms. The van der Waals surface area contributed by atoms with E-state index in [2.05, 4.69) is 52.1 Å². The molecule has 0 aliphatic heterocycles. The molecule has 2 heterocycles. The zero-order chi connectivity index (χ0) is 27.8. The number of aromatic nitrogens is 5. The van der Waals surface area contributed by atoms with E-state index in [-0.39, 0.29) is 30.5 Å². The van der Waals surface area contributed by atoms with Crippen LogP contribution < -0.4 is 16.4 Å². The normalized spacial score (nSPS) is 31.8. The van der Waals surface area contributed by atoms with Gasteiger partial charge in [-0.2, -0.15) is 0 Å². The highest BCUT2D eigenvalue weighted by Gasteiger charge is 2.47. The van der Waals surface area contributed by atoms with Gasteiger partial charge < -0.3 is 26.6 Å². The number of aliphatic hydroxyl groups excluding tert-OH is 2. The number of fused-ring (bicyclic) bond motifs is 1. The summed E-state index contributed by atoms with van der Waals surface area (Å²) < 4.78 is 1.57. The molecular weight excluding hydrogens is 528 g/mol. The summed E-state index contributed by atoms with van der Waals surface area (Å²) in [5.74, 6) is 0.897. The van der Waals surface area contributed by atoms with E-state index in [0.717, 1.165) is 44.3 Å². The van der Waals surface area contributed by atoms with E-state index in [4.69, 9.17) is 15.7 Å². The topological polar surface area (TPSA) is 164 Å². The molecule has 3 saturated carbocycles. The van der Waals surface area contributed by atoms with Crippen LogP contribution in [-0.4, -0.2) is 77.2 Å². The van der Waals surface area contributed by atoms with Crippen molar-refractivity contribution < 1.29 is 15.0 Å². The molecule has 6 atom stereocenters. The maximum atomic E-state index is 13.1.